The van der Waals surface area contributed by atoms with Gasteiger partial charge in [0, 0.05) is 4.92 Å². The van der Waals surface area contributed by atoms with Gasteiger partial charge in [0.15, 0.2) is 0 Å². The SMILES string of the molecule is O=[N+]([O-])C1C=CCCC1Br. The van der Waals surface area contributed by atoms with Crippen LogP contribution in [0.3, 0.4) is 0 Å². The molecule has 0 bridgehead atoms. The van der Waals surface area contributed by atoms with Gasteiger partial charge in [-0.3, -0.25) is 10.1 Å². The molecule has 0 amide bonds. The van der Waals surface area contributed by atoms with E-state index in [1.807, 2.05) is 6.08 Å². The van der Waals surface area contributed by atoms with Crippen LogP contribution in [0.25, 0.3) is 0 Å². The monoisotopic (exact) mass is 205 g/mol. The Morgan fingerprint density at radius 2 is 2.40 bits per heavy atom. The summed E-state index contributed by atoms with van der Waals surface area (Å²) in [6, 6.07) is -0.520. The first-order valence-corrected chi connectivity index (χ1v) is 4.07. The van der Waals surface area contributed by atoms with Crippen molar-refractivity contribution >= 4 is 15.9 Å². The Hall–Kier alpha value is -0.380. The molecule has 4 heteroatoms. The van der Waals surface area contributed by atoms with Gasteiger partial charge in [0.2, 0.25) is 6.04 Å². The number of allylic oxidation sites excluding steroid dienone is 1. The fraction of sp³-hybridized carbons (Fsp3) is 0.667. The third-order valence-electron chi connectivity index (χ3n) is 1.56. The van der Waals surface area contributed by atoms with Crippen LogP contribution in [0.1, 0.15) is 12.8 Å². The lowest BCUT2D eigenvalue weighted by atomic mass is 10.0. The van der Waals surface area contributed by atoms with Crippen molar-refractivity contribution in [3.05, 3.63) is 22.3 Å². The molecule has 1 aliphatic rings. The van der Waals surface area contributed by atoms with Crippen LogP contribution in [-0.2, 0) is 0 Å². The van der Waals surface area contributed by atoms with Gasteiger partial charge in [0.1, 0.15) is 0 Å². The lowest BCUT2D eigenvalue weighted by molar-refractivity contribution is -0.508. The Labute approximate surface area is 67.4 Å². The average Bonchev–Trinajstić information content (AvgIpc) is 1.88. The van der Waals surface area contributed by atoms with Crippen LogP contribution in [0.4, 0.5) is 0 Å². The maximum Gasteiger partial charge on any atom is 0.243 e. The largest absolute Gasteiger partial charge is 0.264 e. The van der Waals surface area contributed by atoms with Gasteiger partial charge in [-0.1, -0.05) is 22.0 Å². The zero-order valence-electron chi connectivity index (χ0n) is 5.37. The fourth-order valence-electron chi connectivity index (χ4n) is 0.985. The molecule has 1 rings (SSSR count). The molecule has 0 heterocycles. The predicted octanol–water partition coefficient (Wildman–Crippen LogP) is 1.75. The first kappa shape index (κ1) is 7.72. The van der Waals surface area contributed by atoms with Gasteiger partial charge in [-0.25, -0.2) is 0 Å². The summed E-state index contributed by atoms with van der Waals surface area (Å²) in [5.74, 6) is 0. The Morgan fingerprint density at radius 1 is 1.70 bits per heavy atom. The zero-order valence-corrected chi connectivity index (χ0v) is 6.95. The van der Waals surface area contributed by atoms with Crippen LogP contribution in [0, 0.1) is 10.1 Å². The van der Waals surface area contributed by atoms with Crippen molar-refractivity contribution in [2.75, 3.05) is 0 Å². The van der Waals surface area contributed by atoms with E-state index in [9.17, 15) is 10.1 Å². The summed E-state index contributed by atoms with van der Waals surface area (Å²) >= 11 is 3.26. The number of nitro groups is 1. The Bertz CT molecular complexity index is 169. The second kappa shape index (κ2) is 3.14. The Kier molecular flexibility index (Phi) is 2.43. The van der Waals surface area contributed by atoms with Gasteiger partial charge < -0.3 is 0 Å². The number of nitrogens with zero attached hydrogens (tertiary/aromatic N) is 1. The van der Waals surface area contributed by atoms with Crippen molar-refractivity contribution in [2.24, 2.45) is 0 Å². The van der Waals surface area contributed by atoms with Crippen LogP contribution in [-0.4, -0.2) is 15.8 Å². The fourth-order valence-corrected chi connectivity index (χ4v) is 1.62. The van der Waals surface area contributed by atoms with Crippen molar-refractivity contribution in [2.45, 2.75) is 23.7 Å². The Morgan fingerprint density at radius 3 is 2.80 bits per heavy atom. The third kappa shape index (κ3) is 1.56. The predicted molar refractivity (Wildman–Crippen MR) is 41.9 cm³/mol. The topological polar surface area (TPSA) is 43.1 Å². The van der Waals surface area contributed by atoms with E-state index < -0.39 is 6.04 Å². The second-order valence-electron chi connectivity index (χ2n) is 2.30. The maximum absolute atomic E-state index is 10.3. The standard InChI is InChI=1S/C6H8BrNO2/c7-5-3-1-2-4-6(5)8(9)10/h2,4-6H,1,3H2. The first-order chi connectivity index (χ1) is 4.72. The van der Waals surface area contributed by atoms with Gasteiger partial charge in [0.05, 0.1) is 4.83 Å². The number of halogens is 1. The molecule has 2 atom stereocenters. The van der Waals surface area contributed by atoms with Gasteiger partial charge in [-0.15, -0.1) is 0 Å². The minimum atomic E-state index is -0.520. The summed E-state index contributed by atoms with van der Waals surface area (Å²) in [5.41, 5.74) is 0. The molecule has 0 fully saturated rings. The van der Waals surface area contributed by atoms with Gasteiger partial charge in [0.25, 0.3) is 0 Å². The summed E-state index contributed by atoms with van der Waals surface area (Å²) in [7, 11) is 0. The van der Waals surface area contributed by atoms with E-state index in [0.717, 1.165) is 12.8 Å². The first-order valence-electron chi connectivity index (χ1n) is 3.16. The highest BCUT2D eigenvalue weighted by molar-refractivity contribution is 9.09. The minimum Gasteiger partial charge on any atom is -0.264 e. The molecule has 0 N–H and O–H groups in total. The Balaban J connectivity index is 2.64. The summed E-state index contributed by atoms with van der Waals surface area (Å²) < 4.78 is 0. The normalized spacial score (nSPS) is 32.1. The maximum atomic E-state index is 10.3. The summed E-state index contributed by atoms with van der Waals surface area (Å²) in [6.07, 6.45) is 5.33. The van der Waals surface area contributed by atoms with Crippen molar-refractivity contribution in [3.8, 4) is 0 Å². The van der Waals surface area contributed by atoms with Crippen LogP contribution in [0.2, 0.25) is 0 Å². The minimum absolute atomic E-state index is 0.0208. The van der Waals surface area contributed by atoms with Crippen molar-refractivity contribution in [1.29, 1.82) is 0 Å². The molecule has 0 aromatic rings. The molecule has 3 nitrogen and oxygen atoms in total. The second-order valence-corrected chi connectivity index (χ2v) is 3.47. The third-order valence-corrected chi connectivity index (χ3v) is 2.56. The van der Waals surface area contributed by atoms with Crippen LogP contribution in [0.5, 0.6) is 0 Å². The molecule has 10 heavy (non-hydrogen) atoms. The molecule has 0 aromatic heterocycles. The molecule has 0 aromatic carbocycles. The van der Waals surface area contributed by atoms with E-state index in [1.165, 1.54) is 0 Å². The number of hydrogen-bond acceptors (Lipinski definition) is 2. The molecule has 0 saturated carbocycles. The van der Waals surface area contributed by atoms with E-state index in [4.69, 9.17) is 0 Å². The van der Waals surface area contributed by atoms with E-state index in [0.29, 0.717) is 0 Å². The number of alkyl halides is 1. The average molecular weight is 206 g/mol. The van der Waals surface area contributed by atoms with Crippen LogP contribution in [0.15, 0.2) is 12.2 Å². The number of rotatable bonds is 1. The molecule has 0 radical (unpaired) electrons. The molecule has 56 valence electrons. The summed E-state index contributed by atoms with van der Waals surface area (Å²) in [4.78, 5) is 10.1. The quantitative estimate of drug-likeness (QED) is 0.284. The van der Waals surface area contributed by atoms with Crippen molar-refractivity contribution in [3.63, 3.8) is 0 Å². The molecular formula is C6H8BrNO2. The van der Waals surface area contributed by atoms with E-state index in [-0.39, 0.29) is 9.75 Å². The zero-order chi connectivity index (χ0) is 7.56. The molecule has 0 saturated heterocycles. The van der Waals surface area contributed by atoms with Gasteiger partial charge in [-0.05, 0) is 18.9 Å². The summed E-state index contributed by atoms with van der Waals surface area (Å²) in [5, 5.41) is 10.3. The van der Waals surface area contributed by atoms with Crippen LogP contribution >= 0.6 is 15.9 Å². The van der Waals surface area contributed by atoms with E-state index in [2.05, 4.69) is 15.9 Å². The highest BCUT2D eigenvalue weighted by Gasteiger charge is 2.27. The van der Waals surface area contributed by atoms with Gasteiger partial charge >= 0.3 is 0 Å². The summed E-state index contributed by atoms with van der Waals surface area (Å²) in [6.45, 7) is 0. The lowest BCUT2D eigenvalue weighted by Gasteiger charge is -2.14. The molecular weight excluding hydrogens is 198 g/mol. The smallest absolute Gasteiger partial charge is 0.243 e. The highest BCUT2D eigenvalue weighted by atomic mass is 79.9. The lowest BCUT2D eigenvalue weighted by Crippen LogP contribution is -2.29. The van der Waals surface area contributed by atoms with E-state index in [1.54, 1.807) is 6.08 Å². The van der Waals surface area contributed by atoms with Crippen molar-refractivity contribution < 1.29 is 4.92 Å². The van der Waals surface area contributed by atoms with E-state index >= 15 is 0 Å². The molecule has 1 aliphatic carbocycles. The molecule has 0 aliphatic heterocycles. The highest BCUT2D eigenvalue weighted by Crippen LogP contribution is 2.20. The van der Waals surface area contributed by atoms with Crippen molar-refractivity contribution in [1.82, 2.24) is 0 Å². The number of hydrogen-bond donors (Lipinski definition) is 0. The molecule has 2 unspecified atom stereocenters. The van der Waals surface area contributed by atoms with Gasteiger partial charge in [-0.2, -0.15) is 0 Å². The molecule has 0 spiro atoms. The van der Waals surface area contributed by atoms with Crippen LogP contribution < -0.4 is 0 Å².